The van der Waals surface area contributed by atoms with Gasteiger partial charge in [0.25, 0.3) is 0 Å². The highest BCUT2D eigenvalue weighted by Crippen LogP contribution is 2.09. The lowest BCUT2D eigenvalue weighted by Gasteiger charge is -2.12. The number of hydrogen-bond acceptors (Lipinski definition) is 3. The zero-order valence-corrected chi connectivity index (χ0v) is 9.42. The second-order valence-corrected chi connectivity index (χ2v) is 3.80. The lowest BCUT2D eigenvalue weighted by Crippen LogP contribution is -2.45. The third-order valence-corrected chi connectivity index (χ3v) is 2.66. The lowest BCUT2D eigenvalue weighted by molar-refractivity contribution is -0.123. The lowest BCUT2D eigenvalue weighted by atomic mass is 10.2. The molecule has 0 saturated heterocycles. The van der Waals surface area contributed by atoms with Crippen LogP contribution in [0.5, 0.6) is 0 Å². The normalized spacial score (nSPS) is 12.2. The van der Waals surface area contributed by atoms with Crippen LogP contribution >= 0.6 is 0 Å². The van der Waals surface area contributed by atoms with E-state index in [0.717, 1.165) is 0 Å². The first-order chi connectivity index (χ1) is 8.63. The second-order valence-electron chi connectivity index (χ2n) is 3.80. The van der Waals surface area contributed by atoms with Crippen LogP contribution in [0.2, 0.25) is 0 Å². The van der Waals surface area contributed by atoms with Crippen LogP contribution in [0.1, 0.15) is 0 Å². The van der Waals surface area contributed by atoms with Gasteiger partial charge in [-0.1, -0.05) is 12.1 Å². The van der Waals surface area contributed by atoms with Gasteiger partial charge in [-0.15, -0.1) is 0 Å². The second kappa shape index (κ2) is 4.74. The highest BCUT2D eigenvalue weighted by Gasteiger charge is 2.17. The average molecular weight is 248 g/mol. The van der Waals surface area contributed by atoms with Gasteiger partial charge < -0.3 is 16.0 Å². The third-order valence-electron chi connectivity index (χ3n) is 2.66. The number of fused-ring (bicyclic) bond motifs is 1. The van der Waals surface area contributed by atoms with Crippen molar-refractivity contribution in [2.75, 3.05) is 0 Å². The number of imidazole rings is 1. The molecule has 0 radical (unpaired) electrons. The molecule has 7 nitrogen and oxygen atoms in total. The highest BCUT2D eigenvalue weighted by molar-refractivity contribution is 5.82. The molecule has 2 amide bonds. The molecule has 1 atom stereocenters. The molecule has 0 aliphatic heterocycles. The molecule has 1 heterocycles. The molecule has 0 spiro atoms. The number of carbonyl (C=O) groups is 2. The summed E-state index contributed by atoms with van der Waals surface area (Å²) in [4.78, 5) is 35.9. The number of H-pyrrole nitrogens is 1. The molecule has 94 valence electrons. The van der Waals surface area contributed by atoms with Gasteiger partial charge in [-0.2, -0.15) is 0 Å². The number of nitrogens with two attached hydrogens (primary N) is 1. The van der Waals surface area contributed by atoms with Crippen LogP contribution < -0.4 is 16.7 Å². The molecule has 7 heteroatoms. The highest BCUT2D eigenvalue weighted by atomic mass is 16.2. The Hall–Kier alpha value is -2.57. The van der Waals surface area contributed by atoms with Crippen LogP contribution in [0.4, 0.5) is 0 Å². The van der Waals surface area contributed by atoms with Crippen molar-refractivity contribution in [1.82, 2.24) is 14.9 Å². The summed E-state index contributed by atoms with van der Waals surface area (Å²) in [5.41, 5.74) is 6.11. The molecule has 1 unspecified atom stereocenters. The SMILES string of the molecule is NC(=O)C(Cn1c(=O)[nH]c2ccccc21)NC=O. The van der Waals surface area contributed by atoms with Gasteiger partial charge in [-0.05, 0) is 12.1 Å². The van der Waals surface area contributed by atoms with E-state index in [2.05, 4.69) is 10.3 Å². The van der Waals surface area contributed by atoms with E-state index in [1.54, 1.807) is 24.3 Å². The molecule has 0 aliphatic rings. The smallest absolute Gasteiger partial charge is 0.326 e. The average Bonchev–Trinajstić information content (AvgIpc) is 2.65. The zero-order chi connectivity index (χ0) is 13.1. The predicted octanol–water partition coefficient (Wildman–Crippen LogP) is -1.07. The standard InChI is InChI=1S/C11H12N4O3/c12-10(17)8(13-6-16)5-15-9-4-2-1-3-7(9)14-11(15)18/h1-4,6,8H,5H2,(H2,12,17)(H,13,16)(H,14,18). The molecule has 0 saturated carbocycles. The van der Waals surface area contributed by atoms with Gasteiger partial charge >= 0.3 is 5.69 Å². The van der Waals surface area contributed by atoms with E-state index in [0.29, 0.717) is 17.4 Å². The minimum atomic E-state index is -0.917. The number of nitrogens with zero attached hydrogens (tertiary/aromatic N) is 1. The number of aromatic amines is 1. The summed E-state index contributed by atoms with van der Waals surface area (Å²) in [6.07, 6.45) is 0.384. The predicted molar refractivity (Wildman–Crippen MR) is 64.7 cm³/mol. The number of nitrogens with one attached hydrogen (secondary N) is 2. The van der Waals surface area contributed by atoms with Crippen molar-refractivity contribution in [2.24, 2.45) is 5.73 Å². The van der Waals surface area contributed by atoms with Crippen LogP contribution in [-0.2, 0) is 16.1 Å². The number of amides is 2. The fraction of sp³-hybridized carbons (Fsp3) is 0.182. The van der Waals surface area contributed by atoms with Gasteiger partial charge in [-0.25, -0.2) is 4.79 Å². The number of para-hydroxylation sites is 2. The molecular weight excluding hydrogens is 236 g/mol. The Labute approximate surface area is 102 Å². The molecule has 0 bridgehead atoms. The summed E-state index contributed by atoms with van der Waals surface area (Å²) in [5.74, 6) is -0.695. The van der Waals surface area contributed by atoms with Crippen molar-refractivity contribution < 1.29 is 9.59 Å². The van der Waals surface area contributed by atoms with Crippen molar-refractivity contribution in [3.8, 4) is 0 Å². The summed E-state index contributed by atoms with van der Waals surface area (Å²) < 4.78 is 1.36. The number of carbonyl (C=O) groups excluding carboxylic acids is 2. The number of primary amides is 1. The zero-order valence-electron chi connectivity index (χ0n) is 9.42. The Morgan fingerprint density at radius 1 is 1.50 bits per heavy atom. The van der Waals surface area contributed by atoms with Crippen LogP contribution in [0.3, 0.4) is 0 Å². The fourth-order valence-electron chi connectivity index (χ4n) is 1.78. The van der Waals surface area contributed by atoms with Crippen LogP contribution in [0.25, 0.3) is 11.0 Å². The van der Waals surface area contributed by atoms with Crippen LogP contribution in [0.15, 0.2) is 29.1 Å². The molecule has 18 heavy (non-hydrogen) atoms. The van der Waals surface area contributed by atoms with Gasteiger partial charge in [0.1, 0.15) is 6.04 Å². The first kappa shape index (κ1) is 11.9. The minimum absolute atomic E-state index is 0.00306. The van der Waals surface area contributed by atoms with Gasteiger partial charge in [0.15, 0.2) is 0 Å². The molecule has 0 aliphatic carbocycles. The molecular formula is C11H12N4O3. The van der Waals surface area contributed by atoms with E-state index in [-0.39, 0.29) is 12.2 Å². The Kier molecular flexibility index (Phi) is 3.13. The maximum absolute atomic E-state index is 11.7. The van der Waals surface area contributed by atoms with Gasteiger partial charge in [0, 0.05) is 0 Å². The monoisotopic (exact) mass is 248 g/mol. The molecule has 0 fully saturated rings. The number of benzene rings is 1. The first-order valence-corrected chi connectivity index (χ1v) is 5.30. The molecule has 2 rings (SSSR count). The van der Waals surface area contributed by atoms with Crippen molar-refractivity contribution in [3.63, 3.8) is 0 Å². The summed E-state index contributed by atoms with van der Waals surface area (Å²) in [5, 5.41) is 2.28. The first-order valence-electron chi connectivity index (χ1n) is 5.30. The number of rotatable bonds is 5. The number of aromatic nitrogens is 2. The third kappa shape index (κ3) is 2.10. The molecule has 1 aromatic carbocycles. The van der Waals surface area contributed by atoms with Crippen LogP contribution in [-0.4, -0.2) is 27.9 Å². The Morgan fingerprint density at radius 2 is 2.22 bits per heavy atom. The van der Waals surface area contributed by atoms with Crippen molar-refractivity contribution in [1.29, 1.82) is 0 Å². The largest absolute Gasteiger partial charge is 0.368 e. The van der Waals surface area contributed by atoms with E-state index >= 15 is 0 Å². The summed E-state index contributed by atoms with van der Waals surface area (Å²) >= 11 is 0. The fourth-order valence-corrected chi connectivity index (χ4v) is 1.78. The molecule has 2 aromatic rings. The number of hydrogen-bond donors (Lipinski definition) is 3. The summed E-state index contributed by atoms with van der Waals surface area (Å²) in [7, 11) is 0. The molecule has 4 N–H and O–H groups in total. The topological polar surface area (TPSA) is 110 Å². The van der Waals surface area contributed by atoms with E-state index in [1.165, 1.54) is 4.57 Å². The minimum Gasteiger partial charge on any atom is -0.368 e. The van der Waals surface area contributed by atoms with E-state index in [9.17, 15) is 14.4 Å². The Balaban J connectivity index is 2.41. The van der Waals surface area contributed by atoms with Crippen LogP contribution in [0, 0.1) is 0 Å². The van der Waals surface area contributed by atoms with Crippen molar-refractivity contribution >= 4 is 23.4 Å². The summed E-state index contributed by atoms with van der Waals surface area (Å²) in [6, 6.07) is 6.14. The van der Waals surface area contributed by atoms with Gasteiger partial charge in [-0.3, -0.25) is 14.2 Å². The van der Waals surface area contributed by atoms with Crippen molar-refractivity contribution in [2.45, 2.75) is 12.6 Å². The van der Waals surface area contributed by atoms with E-state index in [1.807, 2.05) is 0 Å². The maximum Gasteiger partial charge on any atom is 0.326 e. The molecule has 1 aromatic heterocycles. The van der Waals surface area contributed by atoms with Gasteiger partial charge in [0.2, 0.25) is 12.3 Å². The quantitative estimate of drug-likeness (QED) is 0.586. The maximum atomic E-state index is 11.7. The van der Waals surface area contributed by atoms with Gasteiger partial charge in [0.05, 0.1) is 17.6 Å². The summed E-state index contributed by atoms with van der Waals surface area (Å²) in [6.45, 7) is -0.00306. The van der Waals surface area contributed by atoms with E-state index in [4.69, 9.17) is 5.73 Å². The Morgan fingerprint density at radius 3 is 2.89 bits per heavy atom. The Bertz CT molecular complexity index is 643. The van der Waals surface area contributed by atoms with Crippen molar-refractivity contribution in [3.05, 3.63) is 34.7 Å². The van der Waals surface area contributed by atoms with E-state index < -0.39 is 11.9 Å².